The van der Waals surface area contributed by atoms with Crippen LogP contribution in [-0.4, -0.2) is 50.6 Å². The van der Waals surface area contributed by atoms with Gasteiger partial charge in [-0.25, -0.2) is 0 Å². The van der Waals surface area contributed by atoms with E-state index in [1.54, 1.807) is 0 Å². The zero-order chi connectivity index (χ0) is 10.8. The van der Waals surface area contributed by atoms with Crippen molar-refractivity contribution in [2.75, 3.05) is 13.1 Å². The van der Waals surface area contributed by atoms with E-state index in [4.69, 9.17) is 4.52 Å². The van der Waals surface area contributed by atoms with Gasteiger partial charge in [-0.2, -0.15) is 4.98 Å². The van der Waals surface area contributed by atoms with Crippen LogP contribution in [0.25, 0.3) is 0 Å². The van der Waals surface area contributed by atoms with Crippen molar-refractivity contribution in [3.63, 3.8) is 0 Å². The summed E-state index contributed by atoms with van der Waals surface area (Å²) in [7, 11) is 0. The summed E-state index contributed by atoms with van der Waals surface area (Å²) >= 11 is 0. The van der Waals surface area contributed by atoms with E-state index in [9.17, 15) is 10.2 Å². The van der Waals surface area contributed by atoms with E-state index in [0.29, 0.717) is 31.3 Å². The standard InChI is InChI=1S/C9H15N3O3/c1-2-9-10-8(11-15-9)5-12-3-6(13)7(14)4-12/h6-7,13-14H,2-5H2,1H3. The molecule has 0 amide bonds. The zero-order valence-corrected chi connectivity index (χ0v) is 8.63. The van der Waals surface area contributed by atoms with Gasteiger partial charge in [-0.3, -0.25) is 4.90 Å². The Kier molecular flexibility index (Phi) is 2.99. The molecule has 2 heterocycles. The number of aliphatic hydroxyl groups is 2. The minimum absolute atomic E-state index is 0.456. The Morgan fingerprint density at radius 2 is 2.07 bits per heavy atom. The van der Waals surface area contributed by atoms with Crippen LogP contribution in [0.15, 0.2) is 4.52 Å². The summed E-state index contributed by atoms with van der Waals surface area (Å²) in [6.07, 6.45) is -0.608. The third kappa shape index (κ3) is 2.34. The Hall–Kier alpha value is -0.980. The van der Waals surface area contributed by atoms with Gasteiger partial charge in [-0.05, 0) is 0 Å². The molecule has 2 atom stereocenters. The molecule has 0 saturated carbocycles. The first kappa shape index (κ1) is 10.5. The second kappa shape index (κ2) is 4.26. The van der Waals surface area contributed by atoms with E-state index in [0.717, 1.165) is 6.42 Å². The van der Waals surface area contributed by atoms with Gasteiger partial charge in [0.1, 0.15) is 0 Å². The third-order valence-corrected chi connectivity index (χ3v) is 2.51. The van der Waals surface area contributed by atoms with Crippen molar-refractivity contribution in [3.05, 3.63) is 11.7 Å². The van der Waals surface area contributed by atoms with E-state index in [2.05, 4.69) is 10.1 Å². The van der Waals surface area contributed by atoms with Crippen molar-refractivity contribution < 1.29 is 14.7 Å². The lowest BCUT2D eigenvalue weighted by Crippen LogP contribution is -2.22. The summed E-state index contributed by atoms with van der Waals surface area (Å²) in [6, 6.07) is 0. The fourth-order valence-corrected chi connectivity index (χ4v) is 1.67. The number of β-amino-alcohol motifs (C(OH)–C–C–N with tert-alkyl or cyclic N) is 2. The lowest BCUT2D eigenvalue weighted by molar-refractivity contribution is 0.0572. The Bertz CT molecular complexity index is 318. The van der Waals surface area contributed by atoms with E-state index in [1.165, 1.54) is 0 Å². The summed E-state index contributed by atoms with van der Waals surface area (Å²) in [5.74, 6) is 1.22. The molecule has 1 aliphatic heterocycles. The summed E-state index contributed by atoms with van der Waals surface area (Å²) in [4.78, 5) is 6.06. The molecular formula is C9H15N3O3. The van der Waals surface area contributed by atoms with E-state index in [1.807, 2.05) is 11.8 Å². The number of aryl methyl sites for hydroxylation is 1. The average Bonchev–Trinajstić information content (AvgIpc) is 2.76. The predicted octanol–water partition coefficient (Wildman–Crippen LogP) is -0.831. The molecule has 0 bridgehead atoms. The maximum absolute atomic E-state index is 9.34. The first-order valence-corrected chi connectivity index (χ1v) is 5.09. The molecule has 0 spiro atoms. The molecule has 2 N–H and O–H groups in total. The van der Waals surface area contributed by atoms with Gasteiger partial charge >= 0.3 is 0 Å². The fourth-order valence-electron chi connectivity index (χ4n) is 1.67. The van der Waals surface area contributed by atoms with Crippen LogP contribution in [0, 0.1) is 0 Å². The van der Waals surface area contributed by atoms with Crippen LogP contribution in [-0.2, 0) is 13.0 Å². The zero-order valence-electron chi connectivity index (χ0n) is 8.63. The molecule has 0 radical (unpaired) electrons. The predicted molar refractivity (Wildman–Crippen MR) is 51.0 cm³/mol. The Labute approximate surface area is 87.5 Å². The van der Waals surface area contributed by atoms with Gasteiger partial charge in [0.25, 0.3) is 0 Å². The van der Waals surface area contributed by atoms with Crippen molar-refractivity contribution in [3.8, 4) is 0 Å². The summed E-state index contributed by atoms with van der Waals surface area (Å²) in [5, 5.41) is 22.5. The highest BCUT2D eigenvalue weighted by atomic mass is 16.5. The molecule has 6 nitrogen and oxygen atoms in total. The van der Waals surface area contributed by atoms with E-state index >= 15 is 0 Å². The topological polar surface area (TPSA) is 82.6 Å². The first-order valence-electron chi connectivity index (χ1n) is 5.09. The Morgan fingerprint density at radius 3 is 2.60 bits per heavy atom. The number of aromatic nitrogens is 2. The van der Waals surface area contributed by atoms with Crippen LogP contribution in [0.1, 0.15) is 18.6 Å². The molecule has 1 aliphatic rings. The van der Waals surface area contributed by atoms with Crippen molar-refractivity contribution in [1.82, 2.24) is 15.0 Å². The first-order chi connectivity index (χ1) is 7.19. The number of aliphatic hydroxyl groups excluding tert-OH is 2. The number of nitrogens with zero attached hydrogens (tertiary/aromatic N) is 3. The van der Waals surface area contributed by atoms with Gasteiger partial charge in [0.15, 0.2) is 5.82 Å². The van der Waals surface area contributed by atoms with Gasteiger partial charge in [-0.1, -0.05) is 12.1 Å². The molecule has 0 aliphatic carbocycles. The highest BCUT2D eigenvalue weighted by Gasteiger charge is 2.30. The lowest BCUT2D eigenvalue weighted by atomic mass is 10.3. The molecule has 6 heteroatoms. The SMILES string of the molecule is CCc1nc(CN2CC(O)C(O)C2)no1. The highest BCUT2D eigenvalue weighted by Crippen LogP contribution is 2.12. The van der Waals surface area contributed by atoms with Crippen LogP contribution >= 0.6 is 0 Å². The van der Waals surface area contributed by atoms with Crippen LogP contribution in [0.4, 0.5) is 0 Å². The maximum atomic E-state index is 9.34. The van der Waals surface area contributed by atoms with Gasteiger partial charge < -0.3 is 14.7 Å². The molecule has 1 aromatic heterocycles. The van der Waals surface area contributed by atoms with Crippen molar-refractivity contribution in [2.45, 2.75) is 32.1 Å². The van der Waals surface area contributed by atoms with Crippen LogP contribution < -0.4 is 0 Å². The van der Waals surface area contributed by atoms with Crippen LogP contribution in [0.5, 0.6) is 0 Å². The number of hydrogen-bond acceptors (Lipinski definition) is 6. The molecule has 1 aromatic rings. The molecule has 2 rings (SSSR count). The maximum Gasteiger partial charge on any atom is 0.226 e. The normalized spacial score (nSPS) is 27.4. The number of likely N-dealkylation sites (tertiary alicyclic amines) is 1. The number of rotatable bonds is 3. The van der Waals surface area contributed by atoms with Crippen LogP contribution in [0.2, 0.25) is 0 Å². The number of hydrogen-bond donors (Lipinski definition) is 2. The third-order valence-electron chi connectivity index (χ3n) is 2.51. The van der Waals surface area contributed by atoms with E-state index in [-0.39, 0.29) is 0 Å². The largest absolute Gasteiger partial charge is 0.389 e. The Morgan fingerprint density at radius 1 is 1.40 bits per heavy atom. The summed E-state index contributed by atoms with van der Waals surface area (Å²) in [5.41, 5.74) is 0. The van der Waals surface area contributed by atoms with E-state index < -0.39 is 12.2 Å². The molecular weight excluding hydrogens is 198 g/mol. The molecule has 84 valence electrons. The van der Waals surface area contributed by atoms with Crippen molar-refractivity contribution >= 4 is 0 Å². The second-order valence-electron chi connectivity index (χ2n) is 3.79. The fraction of sp³-hybridized carbons (Fsp3) is 0.778. The Balaban J connectivity index is 1.92. The monoisotopic (exact) mass is 213 g/mol. The summed E-state index contributed by atoms with van der Waals surface area (Å²) in [6.45, 7) is 3.37. The molecule has 2 unspecified atom stereocenters. The second-order valence-corrected chi connectivity index (χ2v) is 3.79. The average molecular weight is 213 g/mol. The van der Waals surface area contributed by atoms with Gasteiger partial charge in [0, 0.05) is 19.5 Å². The molecule has 1 saturated heterocycles. The minimum atomic E-state index is -0.664. The quantitative estimate of drug-likeness (QED) is 0.682. The van der Waals surface area contributed by atoms with Gasteiger partial charge in [0.05, 0.1) is 18.8 Å². The smallest absolute Gasteiger partial charge is 0.226 e. The molecule has 1 fully saturated rings. The lowest BCUT2D eigenvalue weighted by Gasteiger charge is -2.10. The molecule has 15 heavy (non-hydrogen) atoms. The molecule has 0 aromatic carbocycles. The minimum Gasteiger partial charge on any atom is -0.389 e. The summed E-state index contributed by atoms with van der Waals surface area (Å²) < 4.78 is 4.96. The van der Waals surface area contributed by atoms with Crippen molar-refractivity contribution in [2.24, 2.45) is 0 Å². The van der Waals surface area contributed by atoms with Crippen LogP contribution in [0.3, 0.4) is 0 Å². The highest BCUT2D eigenvalue weighted by molar-refractivity contribution is 4.90. The van der Waals surface area contributed by atoms with Crippen molar-refractivity contribution in [1.29, 1.82) is 0 Å². The van der Waals surface area contributed by atoms with Gasteiger partial charge in [0.2, 0.25) is 5.89 Å². The van der Waals surface area contributed by atoms with Gasteiger partial charge in [-0.15, -0.1) is 0 Å².